The van der Waals surface area contributed by atoms with Gasteiger partial charge in [-0.05, 0) is 6.07 Å². The van der Waals surface area contributed by atoms with Crippen molar-refractivity contribution in [3.05, 3.63) is 23.8 Å². The minimum absolute atomic E-state index is 0.00722. The molecule has 3 N–H and O–H groups in total. The lowest BCUT2D eigenvalue weighted by Gasteiger charge is -2.17. The van der Waals surface area contributed by atoms with Crippen molar-refractivity contribution in [2.75, 3.05) is 31.3 Å². The highest BCUT2D eigenvalue weighted by atomic mass is 16.5. The topological polar surface area (TPSA) is 75.8 Å². The molecule has 0 radical (unpaired) electrons. The number of ether oxygens (including phenoxy) is 1. The zero-order valence-corrected chi connectivity index (χ0v) is 10.1. The molecule has 0 unspecified atom stereocenters. The monoisotopic (exact) mass is 238 g/mol. The summed E-state index contributed by atoms with van der Waals surface area (Å²) in [6, 6.07) is 5.71. The largest absolute Gasteiger partial charge is 0.481 e. The average Bonchev–Trinajstić information content (AvgIpc) is 2.25. The molecule has 1 rings (SSSR count). The van der Waals surface area contributed by atoms with Gasteiger partial charge in [-0.3, -0.25) is 4.79 Å². The number of hydrogen-bond acceptors (Lipinski definition) is 4. The number of para-hydroxylation sites is 1. The van der Waals surface area contributed by atoms with Crippen molar-refractivity contribution in [3.8, 4) is 0 Å². The Morgan fingerprint density at radius 1 is 1.47 bits per heavy atom. The van der Waals surface area contributed by atoms with E-state index in [1.165, 1.54) is 0 Å². The van der Waals surface area contributed by atoms with Crippen LogP contribution in [0.5, 0.6) is 0 Å². The molecule has 0 fully saturated rings. The molecule has 0 aliphatic rings. The fourth-order valence-corrected chi connectivity index (χ4v) is 1.46. The predicted molar refractivity (Wildman–Crippen MR) is 67.1 cm³/mol. The highest BCUT2D eigenvalue weighted by Gasteiger charge is 2.06. The van der Waals surface area contributed by atoms with E-state index in [2.05, 4.69) is 0 Å². The van der Waals surface area contributed by atoms with Crippen LogP contribution in [0.4, 0.5) is 11.4 Å². The molecular formula is C12H18N2O3. The summed E-state index contributed by atoms with van der Waals surface area (Å²) in [5.41, 5.74) is 8.47. The van der Waals surface area contributed by atoms with Gasteiger partial charge in [0.05, 0.1) is 31.0 Å². The Kier molecular flexibility index (Phi) is 4.78. The van der Waals surface area contributed by atoms with Gasteiger partial charge in [0.15, 0.2) is 0 Å². The maximum absolute atomic E-state index is 10.3. The molecular weight excluding hydrogens is 220 g/mol. The Hall–Kier alpha value is -1.75. The highest BCUT2D eigenvalue weighted by Crippen LogP contribution is 2.25. The van der Waals surface area contributed by atoms with Crippen LogP contribution in [0.25, 0.3) is 0 Å². The molecule has 5 nitrogen and oxygen atoms in total. The van der Waals surface area contributed by atoms with Crippen LogP contribution in [-0.2, 0) is 16.1 Å². The highest BCUT2D eigenvalue weighted by molar-refractivity contribution is 5.70. The summed E-state index contributed by atoms with van der Waals surface area (Å²) >= 11 is 0. The third-order valence-electron chi connectivity index (χ3n) is 2.37. The van der Waals surface area contributed by atoms with E-state index in [1.54, 1.807) is 0 Å². The second-order valence-corrected chi connectivity index (χ2v) is 3.94. The van der Waals surface area contributed by atoms with Gasteiger partial charge in [-0.15, -0.1) is 0 Å². The molecule has 0 spiro atoms. The second-order valence-electron chi connectivity index (χ2n) is 3.94. The number of aliphatic carboxylic acids is 1. The number of hydrogen-bond donors (Lipinski definition) is 2. The van der Waals surface area contributed by atoms with Gasteiger partial charge in [-0.2, -0.15) is 0 Å². The SMILES string of the molecule is CN(C)c1cccc(COCCC(=O)O)c1N. The van der Waals surface area contributed by atoms with Crippen LogP contribution in [-0.4, -0.2) is 31.8 Å². The van der Waals surface area contributed by atoms with E-state index in [4.69, 9.17) is 15.6 Å². The quantitative estimate of drug-likeness (QED) is 0.577. The fourth-order valence-electron chi connectivity index (χ4n) is 1.46. The Bertz CT molecular complexity index is 391. The molecule has 0 bridgehead atoms. The summed E-state index contributed by atoms with van der Waals surface area (Å²) < 4.78 is 5.27. The van der Waals surface area contributed by atoms with Gasteiger partial charge in [-0.25, -0.2) is 0 Å². The van der Waals surface area contributed by atoms with Crippen molar-refractivity contribution in [2.45, 2.75) is 13.0 Å². The maximum atomic E-state index is 10.3. The van der Waals surface area contributed by atoms with Crippen LogP contribution in [0, 0.1) is 0 Å². The summed E-state index contributed by atoms with van der Waals surface area (Å²) in [6.07, 6.45) is 0.00722. The van der Waals surface area contributed by atoms with E-state index in [9.17, 15) is 4.79 Å². The zero-order valence-electron chi connectivity index (χ0n) is 10.1. The van der Waals surface area contributed by atoms with Gasteiger partial charge < -0.3 is 20.5 Å². The minimum Gasteiger partial charge on any atom is -0.481 e. The van der Waals surface area contributed by atoms with Crippen LogP contribution in [0.15, 0.2) is 18.2 Å². The van der Waals surface area contributed by atoms with Crippen molar-refractivity contribution in [3.63, 3.8) is 0 Å². The molecule has 94 valence electrons. The molecule has 1 aromatic carbocycles. The number of nitrogens with two attached hydrogens (primary N) is 1. The van der Waals surface area contributed by atoms with Gasteiger partial charge >= 0.3 is 5.97 Å². The van der Waals surface area contributed by atoms with E-state index in [1.807, 2.05) is 37.2 Å². The van der Waals surface area contributed by atoms with Crippen LogP contribution >= 0.6 is 0 Å². The third kappa shape index (κ3) is 3.96. The zero-order chi connectivity index (χ0) is 12.8. The molecule has 1 aromatic rings. The molecule has 0 amide bonds. The van der Waals surface area contributed by atoms with Crippen LogP contribution < -0.4 is 10.6 Å². The normalized spacial score (nSPS) is 10.2. The molecule has 0 saturated heterocycles. The lowest BCUT2D eigenvalue weighted by molar-refractivity contribution is -0.138. The number of rotatable bonds is 6. The summed E-state index contributed by atoms with van der Waals surface area (Å²) in [7, 11) is 3.83. The number of benzene rings is 1. The lowest BCUT2D eigenvalue weighted by atomic mass is 10.1. The Balaban J connectivity index is 2.59. The van der Waals surface area contributed by atoms with Crippen molar-refractivity contribution < 1.29 is 14.6 Å². The third-order valence-corrected chi connectivity index (χ3v) is 2.37. The van der Waals surface area contributed by atoms with E-state index in [-0.39, 0.29) is 13.0 Å². The smallest absolute Gasteiger partial charge is 0.305 e. The number of nitrogen functional groups attached to an aromatic ring is 1. The fraction of sp³-hybridized carbons (Fsp3) is 0.417. The molecule has 17 heavy (non-hydrogen) atoms. The van der Waals surface area contributed by atoms with Crippen LogP contribution in [0.1, 0.15) is 12.0 Å². The first kappa shape index (κ1) is 13.3. The molecule has 0 atom stereocenters. The van der Waals surface area contributed by atoms with Gasteiger partial charge in [-0.1, -0.05) is 12.1 Å². The summed E-state index contributed by atoms with van der Waals surface area (Å²) in [6.45, 7) is 0.530. The van der Waals surface area contributed by atoms with Crippen molar-refractivity contribution in [1.82, 2.24) is 0 Å². The van der Waals surface area contributed by atoms with E-state index in [0.29, 0.717) is 12.3 Å². The standard InChI is InChI=1S/C12H18N2O3/c1-14(2)10-5-3-4-9(12(10)13)8-17-7-6-11(15)16/h3-5H,6-8,13H2,1-2H3,(H,15,16). The first-order valence-corrected chi connectivity index (χ1v) is 5.36. The predicted octanol–water partition coefficient (Wildman–Crippen LogP) is 1.33. The Labute approximate surface area is 101 Å². The first-order valence-electron chi connectivity index (χ1n) is 5.36. The number of carbonyl (C=O) groups is 1. The van der Waals surface area contributed by atoms with Gasteiger partial charge in [0.25, 0.3) is 0 Å². The average molecular weight is 238 g/mol. The summed E-state index contributed by atoms with van der Waals surface area (Å²) in [5, 5.41) is 8.47. The van der Waals surface area contributed by atoms with Gasteiger partial charge in [0, 0.05) is 19.7 Å². The van der Waals surface area contributed by atoms with Crippen molar-refractivity contribution in [1.29, 1.82) is 0 Å². The van der Waals surface area contributed by atoms with Gasteiger partial charge in [0.1, 0.15) is 0 Å². The molecule has 5 heteroatoms. The maximum Gasteiger partial charge on any atom is 0.305 e. The lowest BCUT2D eigenvalue weighted by Crippen LogP contribution is -2.12. The molecule has 0 aromatic heterocycles. The number of nitrogens with zero attached hydrogens (tertiary/aromatic N) is 1. The minimum atomic E-state index is -0.861. The second kappa shape index (κ2) is 6.10. The van der Waals surface area contributed by atoms with Crippen LogP contribution in [0.3, 0.4) is 0 Å². The van der Waals surface area contributed by atoms with Crippen molar-refractivity contribution in [2.24, 2.45) is 0 Å². The number of carboxylic acids is 1. The summed E-state index contributed by atoms with van der Waals surface area (Å²) in [5.74, 6) is -0.861. The number of carboxylic acid groups (broad SMARTS) is 1. The van der Waals surface area contributed by atoms with E-state index in [0.717, 1.165) is 11.3 Å². The van der Waals surface area contributed by atoms with Crippen molar-refractivity contribution >= 4 is 17.3 Å². The van der Waals surface area contributed by atoms with Gasteiger partial charge in [0.2, 0.25) is 0 Å². The van der Waals surface area contributed by atoms with E-state index >= 15 is 0 Å². The molecule has 0 saturated carbocycles. The Morgan fingerprint density at radius 2 is 2.18 bits per heavy atom. The molecule has 0 aliphatic carbocycles. The molecule has 0 heterocycles. The summed E-state index contributed by atoms with van der Waals surface area (Å²) in [4.78, 5) is 12.2. The molecule has 0 aliphatic heterocycles. The Morgan fingerprint density at radius 3 is 2.76 bits per heavy atom. The van der Waals surface area contributed by atoms with Crippen LogP contribution in [0.2, 0.25) is 0 Å². The first-order chi connectivity index (χ1) is 8.02. The number of anilines is 2. The van der Waals surface area contributed by atoms with E-state index < -0.39 is 5.97 Å².